The third-order valence-electron chi connectivity index (χ3n) is 3.72. The van der Waals surface area contributed by atoms with Crippen LogP contribution in [0.3, 0.4) is 0 Å². The molecule has 0 saturated carbocycles. The van der Waals surface area contributed by atoms with E-state index < -0.39 is 36.4 Å². The number of nitrogens with two attached hydrogens (primary N) is 1. The highest BCUT2D eigenvalue weighted by Crippen LogP contribution is 2.06. The standard InChI is InChI=1S/C21H18N2O6/c1-13(25)19(17(26)12-24)23-21(28)15-8-6-14(7-9-15)4-2-3-5-16-10-11-18(29-16)20(22)27/h6-11,13,19,24-25H,12H2,1H3,(H2,22,27)(H,23,28)/t13-,19-/m0/s1. The maximum Gasteiger partial charge on any atom is 0.284 e. The van der Waals surface area contributed by atoms with Gasteiger partial charge in [-0.3, -0.25) is 14.4 Å². The summed E-state index contributed by atoms with van der Waals surface area (Å²) in [6, 6.07) is 7.91. The summed E-state index contributed by atoms with van der Waals surface area (Å²) in [4.78, 5) is 34.7. The van der Waals surface area contributed by atoms with Crippen LogP contribution in [-0.2, 0) is 4.79 Å². The largest absolute Gasteiger partial charge is 0.443 e. The lowest BCUT2D eigenvalue weighted by Gasteiger charge is -2.19. The van der Waals surface area contributed by atoms with Crippen LogP contribution >= 0.6 is 0 Å². The van der Waals surface area contributed by atoms with Gasteiger partial charge in [-0.15, -0.1) is 0 Å². The number of carbonyl (C=O) groups is 3. The first-order chi connectivity index (χ1) is 13.8. The molecule has 0 saturated heterocycles. The van der Waals surface area contributed by atoms with E-state index in [4.69, 9.17) is 15.3 Å². The topological polar surface area (TPSA) is 143 Å². The highest BCUT2D eigenvalue weighted by atomic mass is 16.3. The maximum atomic E-state index is 12.2. The van der Waals surface area contributed by atoms with E-state index in [1.165, 1.54) is 31.2 Å². The molecule has 0 spiro atoms. The van der Waals surface area contributed by atoms with Crippen LogP contribution < -0.4 is 11.1 Å². The van der Waals surface area contributed by atoms with Gasteiger partial charge in [0.15, 0.2) is 17.3 Å². The number of ketones is 1. The molecule has 5 N–H and O–H groups in total. The van der Waals surface area contributed by atoms with Gasteiger partial charge in [-0.1, -0.05) is 5.92 Å². The van der Waals surface area contributed by atoms with Crippen LogP contribution in [0, 0.1) is 23.7 Å². The van der Waals surface area contributed by atoms with E-state index in [0.717, 1.165) is 0 Å². The number of hydrogen-bond donors (Lipinski definition) is 4. The lowest BCUT2D eigenvalue weighted by molar-refractivity contribution is -0.125. The number of rotatable bonds is 6. The van der Waals surface area contributed by atoms with Crippen molar-refractivity contribution in [3.63, 3.8) is 0 Å². The van der Waals surface area contributed by atoms with Crippen molar-refractivity contribution >= 4 is 17.6 Å². The molecule has 148 valence electrons. The first-order valence-electron chi connectivity index (χ1n) is 8.46. The number of aliphatic hydroxyl groups is 2. The molecule has 8 heteroatoms. The average Bonchev–Trinajstić information content (AvgIpc) is 3.18. The lowest BCUT2D eigenvalue weighted by Crippen LogP contribution is -2.48. The minimum absolute atomic E-state index is 0.00893. The average molecular weight is 394 g/mol. The predicted octanol–water partition coefficient (Wildman–Crippen LogP) is -0.178. The summed E-state index contributed by atoms with van der Waals surface area (Å²) in [5.41, 5.74) is 5.92. The molecule has 1 aromatic heterocycles. The van der Waals surface area contributed by atoms with E-state index in [2.05, 4.69) is 29.0 Å². The second kappa shape index (κ2) is 9.90. The van der Waals surface area contributed by atoms with Gasteiger partial charge in [-0.05, 0) is 61.1 Å². The van der Waals surface area contributed by atoms with Crippen molar-refractivity contribution in [3.05, 3.63) is 59.0 Å². The Morgan fingerprint density at radius 3 is 2.31 bits per heavy atom. The molecular weight excluding hydrogens is 376 g/mol. The molecule has 2 rings (SSSR count). The van der Waals surface area contributed by atoms with Gasteiger partial charge in [-0.25, -0.2) is 0 Å². The Morgan fingerprint density at radius 1 is 1.10 bits per heavy atom. The fourth-order valence-electron chi connectivity index (χ4n) is 2.23. The van der Waals surface area contributed by atoms with E-state index in [9.17, 15) is 19.5 Å². The first kappa shape index (κ1) is 21.5. The fourth-order valence-corrected chi connectivity index (χ4v) is 2.23. The van der Waals surface area contributed by atoms with Crippen LogP contribution in [0.5, 0.6) is 0 Å². The summed E-state index contributed by atoms with van der Waals surface area (Å²) in [6.07, 6.45) is -1.14. The molecule has 0 fully saturated rings. The molecule has 0 aliphatic rings. The molecule has 0 bridgehead atoms. The molecule has 1 aromatic carbocycles. The number of carbonyl (C=O) groups excluding carboxylic acids is 3. The molecule has 2 aromatic rings. The van der Waals surface area contributed by atoms with Crippen molar-refractivity contribution in [2.75, 3.05) is 6.61 Å². The summed E-state index contributed by atoms with van der Waals surface area (Å²) < 4.78 is 5.09. The van der Waals surface area contributed by atoms with Gasteiger partial charge < -0.3 is 25.7 Å². The monoisotopic (exact) mass is 394 g/mol. The number of Topliss-reactive ketones (excluding diaryl/α,β-unsaturated/α-hetero) is 1. The van der Waals surface area contributed by atoms with Gasteiger partial charge in [0.05, 0.1) is 6.10 Å². The van der Waals surface area contributed by atoms with E-state index >= 15 is 0 Å². The van der Waals surface area contributed by atoms with Crippen LogP contribution in [0.4, 0.5) is 0 Å². The second-order valence-corrected chi connectivity index (χ2v) is 5.92. The van der Waals surface area contributed by atoms with Gasteiger partial charge in [0.1, 0.15) is 12.6 Å². The molecule has 2 atom stereocenters. The second-order valence-electron chi connectivity index (χ2n) is 5.92. The van der Waals surface area contributed by atoms with Crippen LogP contribution in [0.2, 0.25) is 0 Å². The number of primary amides is 1. The Bertz CT molecular complexity index is 1030. The van der Waals surface area contributed by atoms with E-state index in [0.29, 0.717) is 5.56 Å². The van der Waals surface area contributed by atoms with Crippen molar-refractivity contribution in [2.45, 2.75) is 19.1 Å². The van der Waals surface area contributed by atoms with E-state index in [1.54, 1.807) is 12.1 Å². The quantitative estimate of drug-likeness (QED) is 0.501. The molecular formula is C21H18N2O6. The zero-order valence-electron chi connectivity index (χ0n) is 15.4. The van der Waals surface area contributed by atoms with Crippen molar-refractivity contribution in [1.82, 2.24) is 5.32 Å². The highest BCUT2D eigenvalue weighted by molar-refractivity contribution is 5.98. The van der Waals surface area contributed by atoms with Crippen LogP contribution in [0.1, 0.15) is 39.2 Å². The molecule has 29 heavy (non-hydrogen) atoms. The third kappa shape index (κ3) is 6.08. The third-order valence-corrected chi connectivity index (χ3v) is 3.72. The van der Waals surface area contributed by atoms with Crippen molar-refractivity contribution in [3.8, 4) is 23.7 Å². The number of benzene rings is 1. The number of nitrogens with one attached hydrogen (secondary N) is 1. The zero-order chi connectivity index (χ0) is 21.4. The van der Waals surface area contributed by atoms with Crippen LogP contribution in [0.15, 0.2) is 40.8 Å². The summed E-state index contributed by atoms with van der Waals surface area (Å²) >= 11 is 0. The molecule has 8 nitrogen and oxygen atoms in total. The SMILES string of the molecule is C[C@H](O)[C@H](NC(=O)c1ccc(C#CC#Cc2ccc(C(N)=O)o2)cc1)C(=O)CO. The Kier molecular flexibility index (Phi) is 7.33. The molecule has 0 radical (unpaired) electrons. The minimum Gasteiger partial charge on any atom is -0.443 e. The Hall–Kier alpha value is -3.85. The molecule has 1 heterocycles. The number of amides is 2. The number of aliphatic hydroxyl groups excluding tert-OH is 2. The van der Waals surface area contributed by atoms with E-state index in [1.807, 2.05) is 0 Å². The zero-order valence-corrected chi connectivity index (χ0v) is 15.4. The van der Waals surface area contributed by atoms with Crippen LogP contribution in [-0.4, -0.2) is 46.6 Å². The molecule has 0 unspecified atom stereocenters. The smallest absolute Gasteiger partial charge is 0.284 e. The molecule has 0 aliphatic carbocycles. The van der Waals surface area contributed by atoms with Crippen molar-refractivity contribution in [2.24, 2.45) is 5.73 Å². The van der Waals surface area contributed by atoms with Gasteiger partial charge in [0, 0.05) is 11.1 Å². The summed E-state index contributed by atoms with van der Waals surface area (Å²) in [5, 5.41) is 20.9. The first-order valence-corrected chi connectivity index (χ1v) is 8.46. The van der Waals surface area contributed by atoms with Gasteiger partial charge >= 0.3 is 0 Å². The van der Waals surface area contributed by atoms with Gasteiger partial charge in [0.2, 0.25) is 0 Å². The Balaban J connectivity index is 2.03. The molecule has 2 amide bonds. The number of furan rings is 1. The summed E-state index contributed by atoms with van der Waals surface area (Å²) in [6.45, 7) is 0.558. The Labute approximate surface area is 166 Å². The predicted molar refractivity (Wildman–Crippen MR) is 102 cm³/mol. The summed E-state index contributed by atoms with van der Waals surface area (Å²) in [5.74, 6) is 8.92. The van der Waals surface area contributed by atoms with Gasteiger partial charge in [0.25, 0.3) is 11.8 Å². The normalized spacial score (nSPS) is 11.8. The van der Waals surface area contributed by atoms with Crippen molar-refractivity contribution in [1.29, 1.82) is 0 Å². The Morgan fingerprint density at radius 2 is 1.76 bits per heavy atom. The molecule has 0 aliphatic heterocycles. The minimum atomic E-state index is -1.20. The maximum absolute atomic E-state index is 12.2. The lowest BCUT2D eigenvalue weighted by atomic mass is 10.1. The fraction of sp³-hybridized carbons (Fsp3) is 0.190. The van der Waals surface area contributed by atoms with Gasteiger partial charge in [-0.2, -0.15) is 0 Å². The summed E-state index contributed by atoms with van der Waals surface area (Å²) in [7, 11) is 0. The number of hydrogen-bond acceptors (Lipinski definition) is 6. The van der Waals surface area contributed by atoms with Crippen LogP contribution in [0.25, 0.3) is 0 Å². The van der Waals surface area contributed by atoms with E-state index in [-0.39, 0.29) is 17.1 Å². The highest BCUT2D eigenvalue weighted by Gasteiger charge is 2.25. The van der Waals surface area contributed by atoms with Crippen molar-refractivity contribution < 1.29 is 29.0 Å².